The molecule has 0 radical (unpaired) electrons. The van der Waals surface area contributed by atoms with Gasteiger partial charge in [-0.2, -0.15) is 0 Å². The lowest BCUT2D eigenvalue weighted by Crippen LogP contribution is -2.42. The molecule has 2 N–H and O–H groups in total. The fraction of sp³-hybridized carbons (Fsp3) is 0.909. The maximum Gasteiger partial charge on any atom is 0.239 e. The number of rotatable bonds is 5. The molecule has 1 saturated heterocycles. The molecule has 88 valence electrons. The van der Waals surface area contributed by atoms with Gasteiger partial charge in [0.05, 0.1) is 6.04 Å². The number of aliphatic hydroxyl groups is 1. The predicted octanol–water partition coefficient (Wildman–Crippen LogP) is 0.214. The highest BCUT2D eigenvalue weighted by Gasteiger charge is 2.31. The van der Waals surface area contributed by atoms with Gasteiger partial charge >= 0.3 is 0 Å². The van der Waals surface area contributed by atoms with Crippen LogP contribution in [0.25, 0.3) is 0 Å². The zero-order chi connectivity index (χ0) is 11.4. The number of hydrogen-bond acceptors (Lipinski definition) is 3. The van der Waals surface area contributed by atoms with Crippen LogP contribution in [0.4, 0.5) is 0 Å². The molecule has 15 heavy (non-hydrogen) atoms. The quantitative estimate of drug-likeness (QED) is 0.688. The third-order valence-corrected chi connectivity index (χ3v) is 2.68. The van der Waals surface area contributed by atoms with Crippen molar-refractivity contribution in [3.63, 3.8) is 0 Å². The summed E-state index contributed by atoms with van der Waals surface area (Å²) in [4.78, 5) is 13.7. The van der Waals surface area contributed by atoms with Crippen LogP contribution in [0.2, 0.25) is 0 Å². The average Bonchev–Trinajstić information content (AvgIpc) is 2.49. The molecular formula is C11H22N2O2. The summed E-state index contributed by atoms with van der Waals surface area (Å²) >= 11 is 0. The van der Waals surface area contributed by atoms with E-state index >= 15 is 0 Å². The van der Waals surface area contributed by atoms with Crippen LogP contribution in [-0.4, -0.2) is 47.7 Å². The highest BCUT2D eigenvalue weighted by Crippen LogP contribution is 2.13. The Morgan fingerprint density at radius 1 is 1.53 bits per heavy atom. The fourth-order valence-corrected chi connectivity index (χ4v) is 1.91. The summed E-state index contributed by atoms with van der Waals surface area (Å²) in [6, 6.07) is 0.324. The topological polar surface area (TPSA) is 52.6 Å². The molecular weight excluding hydrogens is 192 g/mol. The number of carbonyl (C=O) groups excluding carboxylic acids is 1. The molecule has 1 fully saturated rings. The van der Waals surface area contributed by atoms with Crippen LogP contribution in [0, 0.1) is 5.92 Å². The van der Waals surface area contributed by atoms with E-state index in [2.05, 4.69) is 5.32 Å². The van der Waals surface area contributed by atoms with Crippen LogP contribution in [0.3, 0.4) is 0 Å². The number of aliphatic hydroxyl groups excluding tert-OH is 1. The molecule has 0 spiro atoms. The van der Waals surface area contributed by atoms with Crippen molar-refractivity contribution in [1.82, 2.24) is 10.2 Å². The normalized spacial score (nSPS) is 23.9. The van der Waals surface area contributed by atoms with Crippen LogP contribution in [0.1, 0.15) is 27.2 Å². The van der Waals surface area contributed by atoms with E-state index in [1.165, 1.54) is 0 Å². The van der Waals surface area contributed by atoms with Crippen molar-refractivity contribution in [3.05, 3.63) is 0 Å². The molecule has 1 amide bonds. The van der Waals surface area contributed by atoms with Crippen molar-refractivity contribution < 1.29 is 9.90 Å². The molecule has 1 rings (SSSR count). The second kappa shape index (κ2) is 5.47. The van der Waals surface area contributed by atoms with Crippen molar-refractivity contribution >= 4 is 5.91 Å². The Morgan fingerprint density at radius 3 is 2.73 bits per heavy atom. The first kappa shape index (κ1) is 12.5. The molecule has 0 aromatic rings. The van der Waals surface area contributed by atoms with Gasteiger partial charge in [0.1, 0.15) is 0 Å². The lowest BCUT2D eigenvalue weighted by Gasteiger charge is -2.20. The minimum Gasteiger partial charge on any atom is -0.396 e. The van der Waals surface area contributed by atoms with E-state index in [0.717, 1.165) is 13.0 Å². The van der Waals surface area contributed by atoms with Crippen LogP contribution >= 0.6 is 0 Å². The maximum atomic E-state index is 11.9. The van der Waals surface area contributed by atoms with Gasteiger partial charge < -0.3 is 15.3 Å². The minimum absolute atomic E-state index is 0.0177. The summed E-state index contributed by atoms with van der Waals surface area (Å²) in [5.41, 5.74) is 0. The van der Waals surface area contributed by atoms with E-state index in [1.54, 1.807) is 0 Å². The van der Waals surface area contributed by atoms with Gasteiger partial charge in [0, 0.05) is 25.7 Å². The van der Waals surface area contributed by atoms with Crippen LogP contribution in [0.15, 0.2) is 0 Å². The Kier molecular flexibility index (Phi) is 4.54. The van der Waals surface area contributed by atoms with Crippen LogP contribution in [0.5, 0.6) is 0 Å². The lowest BCUT2D eigenvalue weighted by atomic mass is 10.2. The monoisotopic (exact) mass is 214 g/mol. The van der Waals surface area contributed by atoms with Crippen molar-refractivity contribution in [2.45, 2.75) is 39.3 Å². The van der Waals surface area contributed by atoms with E-state index in [4.69, 9.17) is 5.11 Å². The molecule has 2 atom stereocenters. The third-order valence-electron chi connectivity index (χ3n) is 2.68. The van der Waals surface area contributed by atoms with Gasteiger partial charge in [-0.1, -0.05) is 20.8 Å². The first-order valence-corrected chi connectivity index (χ1v) is 5.70. The number of hydrogen-bond donors (Lipinski definition) is 2. The molecule has 1 aliphatic heterocycles. The molecule has 0 aromatic carbocycles. The van der Waals surface area contributed by atoms with Crippen molar-refractivity contribution in [2.75, 3.05) is 19.7 Å². The van der Waals surface area contributed by atoms with Gasteiger partial charge in [-0.05, 0) is 12.3 Å². The van der Waals surface area contributed by atoms with E-state index in [0.29, 0.717) is 12.6 Å². The molecule has 4 heteroatoms. The largest absolute Gasteiger partial charge is 0.396 e. The first-order chi connectivity index (χ1) is 7.04. The zero-order valence-corrected chi connectivity index (χ0v) is 9.86. The molecule has 0 saturated carbocycles. The molecule has 1 heterocycles. The highest BCUT2D eigenvalue weighted by atomic mass is 16.3. The number of carbonyl (C=O) groups is 1. The summed E-state index contributed by atoms with van der Waals surface area (Å²) in [6.45, 7) is 7.68. The van der Waals surface area contributed by atoms with Gasteiger partial charge in [0.15, 0.2) is 0 Å². The van der Waals surface area contributed by atoms with Gasteiger partial charge in [0.25, 0.3) is 0 Å². The lowest BCUT2D eigenvalue weighted by molar-refractivity contribution is -0.130. The standard InChI is InChI=1S/C11H22N2O2/c1-8(2)12-10-4-5-13(11(10)15)6-9(3)7-14/h8-10,12,14H,4-7H2,1-3H3. The van der Waals surface area contributed by atoms with Gasteiger partial charge in [0.2, 0.25) is 5.91 Å². The number of nitrogens with zero attached hydrogens (tertiary/aromatic N) is 1. The summed E-state index contributed by atoms with van der Waals surface area (Å²) < 4.78 is 0. The fourth-order valence-electron chi connectivity index (χ4n) is 1.91. The van der Waals surface area contributed by atoms with E-state index in [9.17, 15) is 4.79 Å². The third kappa shape index (κ3) is 3.47. The number of nitrogens with one attached hydrogen (secondary N) is 1. The summed E-state index contributed by atoms with van der Waals surface area (Å²) in [7, 11) is 0. The molecule has 0 aromatic heterocycles. The Balaban J connectivity index is 2.42. The Hall–Kier alpha value is -0.610. The van der Waals surface area contributed by atoms with Gasteiger partial charge in [-0.25, -0.2) is 0 Å². The number of amides is 1. The Morgan fingerprint density at radius 2 is 2.20 bits per heavy atom. The van der Waals surface area contributed by atoms with E-state index < -0.39 is 0 Å². The number of likely N-dealkylation sites (tertiary alicyclic amines) is 1. The summed E-state index contributed by atoms with van der Waals surface area (Å²) in [5.74, 6) is 0.357. The summed E-state index contributed by atoms with van der Waals surface area (Å²) in [6.07, 6.45) is 0.884. The van der Waals surface area contributed by atoms with Crippen molar-refractivity contribution in [1.29, 1.82) is 0 Å². The van der Waals surface area contributed by atoms with Gasteiger partial charge in [-0.3, -0.25) is 4.79 Å². The Labute approximate surface area is 91.6 Å². The second-order valence-corrected chi connectivity index (χ2v) is 4.73. The van der Waals surface area contributed by atoms with Crippen LogP contribution < -0.4 is 5.32 Å². The Bertz CT molecular complexity index is 219. The predicted molar refractivity (Wildman–Crippen MR) is 59.5 cm³/mol. The molecule has 0 bridgehead atoms. The van der Waals surface area contributed by atoms with E-state index in [1.807, 2.05) is 25.7 Å². The highest BCUT2D eigenvalue weighted by molar-refractivity contribution is 5.84. The first-order valence-electron chi connectivity index (χ1n) is 5.70. The van der Waals surface area contributed by atoms with Gasteiger partial charge in [-0.15, -0.1) is 0 Å². The molecule has 4 nitrogen and oxygen atoms in total. The second-order valence-electron chi connectivity index (χ2n) is 4.73. The van der Waals surface area contributed by atoms with Crippen molar-refractivity contribution in [2.24, 2.45) is 5.92 Å². The molecule has 2 unspecified atom stereocenters. The van der Waals surface area contributed by atoms with Crippen molar-refractivity contribution in [3.8, 4) is 0 Å². The average molecular weight is 214 g/mol. The smallest absolute Gasteiger partial charge is 0.239 e. The molecule has 1 aliphatic rings. The molecule has 0 aliphatic carbocycles. The SMILES string of the molecule is CC(CO)CN1CCC(NC(C)C)C1=O. The maximum absolute atomic E-state index is 11.9. The van der Waals surface area contributed by atoms with E-state index in [-0.39, 0.29) is 24.5 Å². The zero-order valence-electron chi connectivity index (χ0n) is 9.86. The minimum atomic E-state index is -0.0177. The summed E-state index contributed by atoms with van der Waals surface area (Å²) in [5, 5.41) is 12.2. The van der Waals surface area contributed by atoms with Crippen LogP contribution in [-0.2, 0) is 4.79 Å².